The monoisotopic (exact) mass is 268 g/mol. The van der Waals surface area contributed by atoms with Gasteiger partial charge in [-0.25, -0.2) is 9.59 Å². The van der Waals surface area contributed by atoms with Gasteiger partial charge in [0, 0.05) is 19.1 Å². The predicted molar refractivity (Wildman–Crippen MR) is 71.9 cm³/mol. The number of carbonyl (C=O) groups is 2. The summed E-state index contributed by atoms with van der Waals surface area (Å²) in [6.07, 6.45) is 3.16. The fourth-order valence-corrected chi connectivity index (χ4v) is 2.79. The van der Waals surface area contributed by atoms with Crippen LogP contribution in [0.25, 0.3) is 0 Å². The van der Waals surface area contributed by atoms with Crippen LogP contribution in [0.3, 0.4) is 0 Å². The molecule has 2 amide bonds. The molecule has 1 aliphatic carbocycles. The highest BCUT2D eigenvalue weighted by Crippen LogP contribution is 2.32. The number of aliphatic carboxylic acids is 1. The van der Waals surface area contributed by atoms with Crippen LogP contribution < -0.4 is 0 Å². The number of carboxylic acids is 1. The van der Waals surface area contributed by atoms with Gasteiger partial charge in [0.25, 0.3) is 0 Å². The molecule has 2 atom stereocenters. The van der Waals surface area contributed by atoms with Gasteiger partial charge in [-0.3, -0.25) is 0 Å². The summed E-state index contributed by atoms with van der Waals surface area (Å²) in [6, 6.07) is -0.634. The van der Waals surface area contributed by atoms with Crippen LogP contribution in [0.5, 0.6) is 0 Å². The van der Waals surface area contributed by atoms with E-state index in [1.54, 1.807) is 4.90 Å². The molecule has 1 aliphatic heterocycles. The van der Waals surface area contributed by atoms with Gasteiger partial charge >= 0.3 is 12.0 Å². The fourth-order valence-electron chi connectivity index (χ4n) is 2.79. The molecule has 0 spiro atoms. The first-order valence-corrected chi connectivity index (χ1v) is 7.21. The minimum absolute atomic E-state index is 0.0383. The number of hydrogen-bond donors (Lipinski definition) is 1. The number of urea groups is 1. The summed E-state index contributed by atoms with van der Waals surface area (Å²) in [5, 5.41) is 9.31. The second-order valence-corrected chi connectivity index (χ2v) is 6.21. The third-order valence-electron chi connectivity index (χ3n) is 4.22. The van der Waals surface area contributed by atoms with Gasteiger partial charge in [-0.1, -0.05) is 6.92 Å². The van der Waals surface area contributed by atoms with Crippen molar-refractivity contribution in [1.29, 1.82) is 0 Å². The summed E-state index contributed by atoms with van der Waals surface area (Å²) < 4.78 is 0. The largest absolute Gasteiger partial charge is 0.480 e. The number of likely N-dealkylation sites (tertiary alicyclic amines) is 1. The predicted octanol–water partition coefficient (Wildman–Crippen LogP) is 2.02. The van der Waals surface area contributed by atoms with Crippen molar-refractivity contribution in [3.8, 4) is 0 Å². The van der Waals surface area contributed by atoms with Crippen molar-refractivity contribution >= 4 is 12.0 Å². The van der Waals surface area contributed by atoms with E-state index in [4.69, 9.17) is 0 Å². The Hall–Kier alpha value is -1.26. The normalized spacial score (nSPS) is 26.8. The van der Waals surface area contributed by atoms with Crippen molar-refractivity contribution in [3.05, 3.63) is 0 Å². The Morgan fingerprint density at radius 2 is 1.95 bits per heavy atom. The molecule has 0 aromatic carbocycles. The van der Waals surface area contributed by atoms with E-state index in [0.29, 0.717) is 12.5 Å². The average molecular weight is 268 g/mol. The first-order chi connectivity index (χ1) is 8.91. The minimum Gasteiger partial charge on any atom is -0.480 e. The van der Waals surface area contributed by atoms with Gasteiger partial charge in [0.15, 0.2) is 0 Å². The number of hydrogen-bond acceptors (Lipinski definition) is 2. The lowest BCUT2D eigenvalue weighted by atomic mass is 10.0. The molecule has 2 fully saturated rings. The Morgan fingerprint density at radius 1 is 1.32 bits per heavy atom. The average Bonchev–Trinajstić information content (AvgIpc) is 3.06. The Kier molecular flexibility index (Phi) is 4.02. The maximum atomic E-state index is 12.6. The van der Waals surface area contributed by atoms with E-state index in [1.165, 1.54) is 12.8 Å². The van der Waals surface area contributed by atoms with Gasteiger partial charge in [0.05, 0.1) is 0 Å². The minimum atomic E-state index is -0.881. The van der Waals surface area contributed by atoms with E-state index in [9.17, 15) is 14.7 Å². The van der Waals surface area contributed by atoms with Gasteiger partial charge in [-0.05, 0) is 44.9 Å². The van der Waals surface area contributed by atoms with E-state index in [1.807, 2.05) is 25.7 Å². The van der Waals surface area contributed by atoms with Crippen molar-refractivity contribution in [2.24, 2.45) is 11.8 Å². The smallest absolute Gasteiger partial charge is 0.326 e. The summed E-state index contributed by atoms with van der Waals surface area (Å²) in [4.78, 5) is 27.3. The molecule has 0 aromatic rings. The number of rotatable bonds is 4. The molecule has 5 nitrogen and oxygen atoms in total. The third-order valence-corrected chi connectivity index (χ3v) is 4.22. The van der Waals surface area contributed by atoms with E-state index in [0.717, 1.165) is 13.0 Å². The van der Waals surface area contributed by atoms with Crippen molar-refractivity contribution in [2.45, 2.75) is 52.1 Å². The second kappa shape index (κ2) is 5.39. The maximum absolute atomic E-state index is 12.6. The fraction of sp³-hybridized carbons (Fsp3) is 0.857. The SMILES string of the molecule is CC1CCN(C(=O)N(CC2CC2)C(C)C)C1C(=O)O. The number of carboxylic acid groups (broad SMARTS) is 1. The highest BCUT2D eigenvalue weighted by Gasteiger charge is 2.42. The van der Waals surface area contributed by atoms with Crippen LogP contribution in [0.15, 0.2) is 0 Å². The van der Waals surface area contributed by atoms with Crippen LogP contribution in [0, 0.1) is 11.8 Å². The molecule has 19 heavy (non-hydrogen) atoms. The van der Waals surface area contributed by atoms with Crippen molar-refractivity contribution in [3.63, 3.8) is 0 Å². The standard InChI is InChI=1S/C14H24N2O3/c1-9(2)16(8-11-4-5-11)14(19)15-7-6-10(3)12(15)13(17)18/h9-12H,4-8H2,1-3H3,(H,17,18). The zero-order valence-corrected chi connectivity index (χ0v) is 12.0. The van der Waals surface area contributed by atoms with Crippen LogP contribution in [0.1, 0.15) is 40.0 Å². The lowest BCUT2D eigenvalue weighted by Crippen LogP contribution is -2.51. The molecule has 0 bridgehead atoms. The van der Waals surface area contributed by atoms with Crippen LogP contribution in [-0.2, 0) is 4.79 Å². The molecular weight excluding hydrogens is 244 g/mol. The van der Waals surface area contributed by atoms with E-state index >= 15 is 0 Å². The number of carbonyl (C=O) groups excluding carboxylic acids is 1. The Balaban J connectivity index is 2.09. The van der Waals surface area contributed by atoms with Gasteiger partial charge < -0.3 is 14.9 Å². The Bertz CT molecular complexity index is 366. The Morgan fingerprint density at radius 3 is 2.42 bits per heavy atom. The highest BCUT2D eigenvalue weighted by atomic mass is 16.4. The number of amides is 2. The van der Waals surface area contributed by atoms with Crippen LogP contribution >= 0.6 is 0 Å². The van der Waals surface area contributed by atoms with Gasteiger partial charge in [-0.15, -0.1) is 0 Å². The van der Waals surface area contributed by atoms with Gasteiger partial charge in [0.1, 0.15) is 6.04 Å². The second-order valence-electron chi connectivity index (χ2n) is 6.21. The first kappa shape index (κ1) is 14.2. The summed E-state index contributed by atoms with van der Waals surface area (Å²) in [5.41, 5.74) is 0. The molecule has 108 valence electrons. The van der Waals surface area contributed by atoms with Crippen LogP contribution in [0.4, 0.5) is 4.79 Å². The maximum Gasteiger partial charge on any atom is 0.326 e. The third kappa shape index (κ3) is 3.01. The summed E-state index contributed by atoms with van der Waals surface area (Å²) in [5.74, 6) is -0.223. The molecule has 2 unspecified atom stereocenters. The molecule has 0 radical (unpaired) electrons. The molecular formula is C14H24N2O3. The Labute approximate surface area is 114 Å². The summed E-state index contributed by atoms with van der Waals surface area (Å²) >= 11 is 0. The summed E-state index contributed by atoms with van der Waals surface area (Å²) in [6.45, 7) is 7.23. The zero-order chi connectivity index (χ0) is 14.2. The summed E-state index contributed by atoms with van der Waals surface area (Å²) in [7, 11) is 0. The van der Waals surface area contributed by atoms with Gasteiger partial charge in [-0.2, -0.15) is 0 Å². The van der Waals surface area contributed by atoms with E-state index in [2.05, 4.69) is 0 Å². The first-order valence-electron chi connectivity index (χ1n) is 7.21. The van der Waals surface area contributed by atoms with Crippen molar-refractivity contribution in [1.82, 2.24) is 9.80 Å². The molecule has 2 rings (SSSR count). The topological polar surface area (TPSA) is 60.9 Å². The number of nitrogens with zero attached hydrogens (tertiary/aromatic N) is 2. The highest BCUT2D eigenvalue weighted by molar-refractivity contribution is 5.83. The molecule has 2 aliphatic rings. The van der Waals surface area contributed by atoms with Crippen molar-refractivity contribution in [2.75, 3.05) is 13.1 Å². The molecule has 5 heteroatoms. The molecule has 1 heterocycles. The van der Waals surface area contributed by atoms with Crippen molar-refractivity contribution < 1.29 is 14.7 Å². The quantitative estimate of drug-likeness (QED) is 0.848. The van der Waals surface area contributed by atoms with Gasteiger partial charge in [0.2, 0.25) is 0 Å². The zero-order valence-electron chi connectivity index (χ0n) is 12.0. The molecule has 1 N–H and O–H groups in total. The van der Waals surface area contributed by atoms with Crippen LogP contribution in [-0.4, -0.2) is 52.1 Å². The van der Waals surface area contributed by atoms with E-state index in [-0.39, 0.29) is 18.0 Å². The van der Waals surface area contributed by atoms with E-state index < -0.39 is 12.0 Å². The van der Waals surface area contributed by atoms with Crippen LogP contribution in [0.2, 0.25) is 0 Å². The molecule has 1 saturated carbocycles. The molecule has 0 aromatic heterocycles. The molecule has 1 saturated heterocycles. The lowest BCUT2D eigenvalue weighted by molar-refractivity contribution is -0.142. The lowest BCUT2D eigenvalue weighted by Gasteiger charge is -2.33.